The maximum absolute atomic E-state index is 12.0. The minimum atomic E-state index is -0.613. The van der Waals surface area contributed by atoms with Crippen LogP contribution in [-0.2, 0) is 6.42 Å². The van der Waals surface area contributed by atoms with Gasteiger partial charge in [0.1, 0.15) is 4.88 Å². The predicted molar refractivity (Wildman–Crippen MR) is 89.3 cm³/mol. The van der Waals surface area contributed by atoms with Gasteiger partial charge in [0, 0.05) is 19.5 Å². The molecular weight excluding hydrogens is 298 g/mol. The van der Waals surface area contributed by atoms with Crippen molar-refractivity contribution in [3.8, 4) is 0 Å². The summed E-state index contributed by atoms with van der Waals surface area (Å²) in [4.78, 5) is 16.6. The minimum absolute atomic E-state index is 0.209. The molecule has 0 radical (unpaired) electrons. The van der Waals surface area contributed by atoms with Crippen molar-refractivity contribution in [2.75, 3.05) is 18.4 Å². The van der Waals surface area contributed by atoms with Crippen LogP contribution in [0, 0.1) is 0 Å². The van der Waals surface area contributed by atoms with Crippen LogP contribution in [0.5, 0.6) is 0 Å². The van der Waals surface area contributed by atoms with Crippen LogP contribution < -0.4 is 10.6 Å². The zero-order chi connectivity index (χ0) is 15.8. The van der Waals surface area contributed by atoms with Crippen molar-refractivity contribution in [1.29, 1.82) is 0 Å². The number of thiazole rings is 1. The Morgan fingerprint density at radius 2 is 2.18 bits per heavy atom. The van der Waals surface area contributed by atoms with E-state index in [2.05, 4.69) is 22.2 Å². The van der Waals surface area contributed by atoms with E-state index in [0.717, 1.165) is 5.56 Å². The fraction of sp³-hybridized carbons (Fsp3) is 0.250. The van der Waals surface area contributed by atoms with Crippen LogP contribution in [0.4, 0.5) is 5.13 Å². The van der Waals surface area contributed by atoms with E-state index >= 15 is 0 Å². The molecule has 5 nitrogen and oxygen atoms in total. The third-order valence-corrected chi connectivity index (χ3v) is 3.89. The number of aliphatic hydroxyl groups is 1. The van der Waals surface area contributed by atoms with Gasteiger partial charge in [-0.15, -0.1) is 6.58 Å². The lowest BCUT2D eigenvalue weighted by atomic mass is 10.1. The summed E-state index contributed by atoms with van der Waals surface area (Å²) in [7, 11) is 0. The maximum Gasteiger partial charge on any atom is 0.263 e. The summed E-state index contributed by atoms with van der Waals surface area (Å²) >= 11 is 1.27. The van der Waals surface area contributed by atoms with Gasteiger partial charge in [-0.2, -0.15) is 0 Å². The number of carbonyl (C=O) groups is 1. The summed E-state index contributed by atoms with van der Waals surface area (Å²) in [6.07, 6.45) is 3.14. The lowest BCUT2D eigenvalue weighted by Gasteiger charge is -2.11. The second-order valence-corrected chi connectivity index (χ2v) is 5.78. The smallest absolute Gasteiger partial charge is 0.263 e. The molecule has 2 aromatic rings. The van der Waals surface area contributed by atoms with Gasteiger partial charge >= 0.3 is 0 Å². The van der Waals surface area contributed by atoms with Gasteiger partial charge in [0.05, 0.1) is 12.3 Å². The van der Waals surface area contributed by atoms with Crippen molar-refractivity contribution in [3.05, 3.63) is 59.6 Å². The van der Waals surface area contributed by atoms with E-state index in [1.165, 1.54) is 17.5 Å². The summed E-state index contributed by atoms with van der Waals surface area (Å²) < 4.78 is 0. The molecule has 6 heteroatoms. The van der Waals surface area contributed by atoms with Crippen molar-refractivity contribution < 1.29 is 9.90 Å². The molecular formula is C16H19N3O2S. The number of anilines is 1. The van der Waals surface area contributed by atoms with Crippen molar-refractivity contribution in [1.82, 2.24) is 10.3 Å². The van der Waals surface area contributed by atoms with E-state index in [1.54, 1.807) is 6.08 Å². The Morgan fingerprint density at radius 3 is 2.91 bits per heavy atom. The molecule has 1 heterocycles. The maximum atomic E-state index is 12.0. The molecule has 22 heavy (non-hydrogen) atoms. The average molecular weight is 317 g/mol. The highest BCUT2D eigenvalue weighted by molar-refractivity contribution is 7.17. The summed E-state index contributed by atoms with van der Waals surface area (Å²) in [6.45, 7) is 4.42. The number of carbonyl (C=O) groups excluding carboxylic acids is 1. The zero-order valence-corrected chi connectivity index (χ0v) is 13.0. The topological polar surface area (TPSA) is 74.2 Å². The standard InChI is InChI=1S/C16H19N3O2S/c1-2-8-17-16-19-11-14(22-16)15(21)18-10-13(20)9-12-6-4-3-5-7-12/h2-7,11,13,20H,1,8-10H2,(H,17,19)(H,18,21). The quantitative estimate of drug-likeness (QED) is 0.652. The fourth-order valence-electron chi connectivity index (χ4n) is 1.88. The molecule has 1 aromatic carbocycles. The van der Waals surface area contributed by atoms with E-state index < -0.39 is 6.10 Å². The second-order valence-electron chi connectivity index (χ2n) is 4.75. The van der Waals surface area contributed by atoms with Crippen LogP contribution in [0.15, 0.2) is 49.2 Å². The molecule has 116 valence electrons. The van der Waals surface area contributed by atoms with E-state index in [1.807, 2.05) is 30.3 Å². The lowest BCUT2D eigenvalue weighted by Crippen LogP contribution is -2.32. The predicted octanol–water partition coefficient (Wildman–Crippen LogP) is 2.07. The monoisotopic (exact) mass is 317 g/mol. The normalized spacial score (nSPS) is 11.7. The molecule has 0 aliphatic heterocycles. The molecule has 0 bridgehead atoms. The SMILES string of the molecule is C=CCNc1ncc(C(=O)NCC(O)Cc2ccccc2)s1. The Bertz CT molecular complexity index is 613. The minimum Gasteiger partial charge on any atom is -0.391 e. The molecule has 0 aliphatic carbocycles. The van der Waals surface area contributed by atoms with Gasteiger partial charge in [-0.1, -0.05) is 47.7 Å². The van der Waals surface area contributed by atoms with Gasteiger partial charge in [-0.05, 0) is 5.56 Å². The Balaban J connectivity index is 1.79. The van der Waals surface area contributed by atoms with E-state index in [9.17, 15) is 9.90 Å². The van der Waals surface area contributed by atoms with Gasteiger partial charge in [-0.3, -0.25) is 4.79 Å². The molecule has 0 spiro atoms. The number of amides is 1. The summed E-state index contributed by atoms with van der Waals surface area (Å²) in [6, 6.07) is 9.68. The van der Waals surface area contributed by atoms with Crippen molar-refractivity contribution in [3.63, 3.8) is 0 Å². The second kappa shape index (κ2) is 8.31. The van der Waals surface area contributed by atoms with Crippen molar-refractivity contribution in [2.45, 2.75) is 12.5 Å². The first kappa shape index (κ1) is 16.2. The van der Waals surface area contributed by atoms with Crippen LogP contribution in [0.2, 0.25) is 0 Å². The molecule has 3 N–H and O–H groups in total. The van der Waals surface area contributed by atoms with Crippen molar-refractivity contribution >= 4 is 22.4 Å². The van der Waals surface area contributed by atoms with Gasteiger partial charge in [0.2, 0.25) is 0 Å². The average Bonchev–Trinajstić information content (AvgIpc) is 3.00. The van der Waals surface area contributed by atoms with Crippen LogP contribution in [0.25, 0.3) is 0 Å². The molecule has 0 aliphatic rings. The van der Waals surface area contributed by atoms with Crippen LogP contribution in [0.3, 0.4) is 0 Å². The van der Waals surface area contributed by atoms with Gasteiger partial charge in [0.25, 0.3) is 5.91 Å². The highest BCUT2D eigenvalue weighted by Gasteiger charge is 2.12. The number of hydrogen-bond donors (Lipinski definition) is 3. The van der Waals surface area contributed by atoms with E-state index in [0.29, 0.717) is 23.0 Å². The number of nitrogens with zero attached hydrogens (tertiary/aromatic N) is 1. The van der Waals surface area contributed by atoms with E-state index in [-0.39, 0.29) is 12.5 Å². The number of hydrogen-bond acceptors (Lipinski definition) is 5. The largest absolute Gasteiger partial charge is 0.391 e. The van der Waals surface area contributed by atoms with Gasteiger partial charge < -0.3 is 15.7 Å². The molecule has 0 fully saturated rings. The van der Waals surface area contributed by atoms with Gasteiger partial charge in [0.15, 0.2) is 5.13 Å². The van der Waals surface area contributed by atoms with Crippen LogP contribution in [0.1, 0.15) is 15.2 Å². The van der Waals surface area contributed by atoms with Crippen LogP contribution >= 0.6 is 11.3 Å². The Hall–Kier alpha value is -2.18. The number of aliphatic hydroxyl groups excluding tert-OH is 1. The summed E-state index contributed by atoms with van der Waals surface area (Å²) in [5.74, 6) is -0.226. The Labute approximate surface area is 133 Å². The summed E-state index contributed by atoms with van der Waals surface area (Å²) in [5, 5.41) is 16.4. The number of benzene rings is 1. The van der Waals surface area contributed by atoms with Crippen molar-refractivity contribution in [2.24, 2.45) is 0 Å². The highest BCUT2D eigenvalue weighted by atomic mass is 32.1. The molecule has 1 unspecified atom stereocenters. The highest BCUT2D eigenvalue weighted by Crippen LogP contribution is 2.17. The molecule has 0 saturated heterocycles. The first-order valence-electron chi connectivity index (χ1n) is 7.00. The van der Waals surface area contributed by atoms with E-state index in [4.69, 9.17) is 0 Å². The Morgan fingerprint density at radius 1 is 1.41 bits per heavy atom. The molecule has 2 rings (SSSR count). The number of rotatable bonds is 8. The summed E-state index contributed by atoms with van der Waals surface area (Å²) in [5.41, 5.74) is 1.04. The Kier molecular flexibility index (Phi) is 6.12. The first-order valence-corrected chi connectivity index (χ1v) is 7.81. The number of aromatic nitrogens is 1. The molecule has 1 atom stereocenters. The molecule has 0 saturated carbocycles. The fourth-order valence-corrected chi connectivity index (χ4v) is 2.62. The zero-order valence-electron chi connectivity index (χ0n) is 12.2. The van der Waals surface area contributed by atoms with Crippen LogP contribution in [-0.4, -0.2) is 35.2 Å². The van der Waals surface area contributed by atoms with Gasteiger partial charge in [-0.25, -0.2) is 4.98 Å². The third kappa shape index (κ3) is 4.98. The first-order chi connectivity index (χ1) is 10.7. The molecule has 1 amide bonds. The number of nitrogens with one attached hydrogen (secondary N) is 2. The third-order valence-electron chi connectivity index (χ3n) is 2.94. The lowest BCUT2D eigenvalue weighted by molar-refractivity contribution is 0.0919. The molecule has 1 aromatic heterocycles.